The fourth-order valence-electron chi connectivity index (χ4n) is 3.42. The van der Waals surface area contributed by atoms with Crippen LogP contribution in [0.25, 0.3) is 0 Å². The van der Waals surface area contributed by atoms with Crippen LogP contribution >= 0.6 is 0 Å². The van der Waals surface area contributed by atoms with Crippen LogP contribution in [0.5, 0.6) is 0 Å². The molecule has 0 unspecified atom stereocenters. The number of nitrogens with two attached hydrogens (primary N) is 1. The minimum Gasteiger partial charge on any atom is -0.384 e. The molecule has 1 aromatic carbocycles. The summed E-state index contributed by atoms with van der Waals surface area (Å²) in [4.78, 5) is 39.6. The molecule has 0 aliphatic heterocycles. The predicted molar refractivity (Wildman–Crippen MR) is 105 cm³/mol. The van der Waals surface area contributed by atoms with Crippen LogP contribution < -0.4 is 17.0 Å². The highest BCUT2D eigenvalue weighted by molar-refractivity contribution is 6.01. The lowest BCUT2D eigenvalue weighted by Gasteiger charge is -2.29. The molecule has 1 heterocycles. The van der Waals surface area contributed by atoms with Gasteiger partial charge in [-0.25, -0.2) is 4.79 Å². The van der Waals surface area contributed by atoms with Gasteiger partial charge in [-0.05, 0) is 31.2 Å². The van der Waals surface area contributed by atoms with Crippen LogP contribution in [0.15, 0.2) is 39.9 Å². The summed E-state index contributed by atoms with van der Waals surface area (Å²) in [7, 11) is 2.82. The van der Waals surface area contributed by atoms with Crippen LogP contribution in [0.2, 0.25) is 0 Å². The molecule has 0 saturated heterocycles. The fraction of sp³-hybridized carbons (Fsp3) is 0.450. The van der Waals surface area contributed by atoms with E-state index in [1.54, 1.807) is 0 Å². The van der Waals surface area contributed by atoms with Gasteiger partial charge in [0.15, 0.2) is 5.78 Å². The SMILES string of the molecule is C[C@@H](C1CC1)N(CC(=O)c1c(N)n(C)c(=O)n(C)c1=O)Cc1ccccc1. The Morgan fingerprint density at radius 3 is 2.41 bits per heavy atom. The first-order valence-corrected chi connectivity index (χ1v) is 9.18. The van der Waals surface area contributed by atoms with Crippen molar-refractivity contribution in [3.8, 4) is 0 Å². The summed E-state index contributed by atoms with van der Waals surface area (Å²) in [5.74, 6) is 0.140. The van der Waals surface area contributed by atoms with E-state index in [0.29, 0.717) is 12.5 Å². The third kappa shape index (κ3) is 3.88. The molecule has 3 rings (SSSR count). The standard InChI is InChI=1S/C20H26N4O3/c1-13(15-9-10-15)24(11-14-7-5-4-6-8-14)12-16(25)17-18(21)22(2)20(27)23(3)19(17)26/h4-8,13,15H,9-12,21H2,1-3H3/t13-/m0/s1. The smallest absolute Gasteiger partial charge is 0.332 e. The van der Waals surface area contributed by atoms with Gasteiger partial charge in [-0.2, -0.15) is 0 Å². The van der Waals surface area contributed by atoms with Crippen LogP contribution in [-0.4, -0.2) is 32.4 Å². The monoisotopic (exact) mass is 370 g/mol. The van der Waals surface area contributed by atoms with Crippen LogP contribution in [0, 0.1) is 5.92 Å². The van der Waals surface area contributed by atoms with E-state index >= 15 is 0 Å². The minimum absolute atomic E-state index is 0.0770. The Kier molecular flexibility index (Phi) is 5.32. The zero-order valence-corrected chi connectivity index (χ0v) is 16.0. The second-order valence-electron chi connectivity index (χ2n) is 7.36. The number of rotatable bonds is 7. The molecule has 1 saturated carbocycles. The Balaban J connectivity index is 1.91. The molecule has 0 amide bonds. The van der Waals surface area contributed by atoms with Gasteiger partial charge in [-0.15, -0.1) is 0 Å². The number of hydrogen-bond acceptors (Lipinski definition) is 5. The van der Waals surface area contributed by atoms with Gasteiger partial charge in [0.25, 0.3) is 5.56 Å². The second-order valence-corrected chi connectivity index (χ2v) is 7.36. The van der Waals surface area contributed by atoms with E-state index in [1.807, 2.05) is 30.3 Å². The highest BCUT2D eigenvalue weighted by Gasteiger charge is 2.33. The van der Waals surface area contributed by atoms with Gasteiger partial charge in [-0.1, -0.05) is 30.3 Å². The molecule has 0 bridgehead atoms. The maximum Gasteiger partial charge on any atom is 0.332 e. The average molecular weight is 370 g/mol. The molecule has 1 aromatic heterocycles. The third-order valence-corrected chi connectivity index (χ3v) is 5.44. The minimum atomic E-state index is -0.640. The number of ketones is 1. The number of anilines is 1. The van der Waals surface area contributed by atoms with Crippen LogP contribution in [0.1, 0.15) is 35.7 Å². The second kappa shape index (κ2) is 7.52. The molecular formula is C20H26N4O3. The summed E-state index contributed by atoms with van der Waals surface area (Å²) in [6.45, 7) is 2.83. The number of carbonyl (C=O) groups excluding carboxylic acids is 1. The molecule has 2 N–H and O–H groups in total. The Hall–Kier alpha value is -2.67. The molecule has 1 aliphatic carbocycles. The van der Waals surface area contributed by atoms with E-state index in [9.17, 15) is 14.4 Å². The molecule has 1 atom stereocenters. The molecule has 144 valence electrons. The molecule has 0 radical (unpaired) electrons. The summed E-state index contributed by atoms with van der Waals surface area (Å²) in [6.07, 6.45) is 2.31. The molecule has 2 aromatic rings. The number of aromatic nitrogens is 2. The van der Waals surface area contributed by atoms with Gasteiger partial charge >= 0.3 is 5.69 Å². The van der Waals surface area contributed by atoms with Crippen molar-refractivity contribution in [2.45, 2.75) is 32.4 Å². The molecule has 1 aliphatic rings. The third-order valence-electron chi connectivity index (χ3n) is 5.44. The van der Waals surface area contributed by atoms with E-state index in [4.69, 9.17) is 5.73 Å². The van der Waals surface area contributed by atoms with Crippen molar-refractivity contribution in [1.82, 2.24) is 14.0 Å². The normalized spacial score (nSPS) is 15.1. The molecular weight excluding hydrogens is 344 g/mol. The average Bonchev–Trinajstić information content (AvgIpc) is 3.50. The molecule has 0 spiro atoms. The Bertz CT molecular complexity index is 958. The van der Waals surface area contributed by atoms with Gasteiger partial charge in [0, 0.05) is 26.7 Å². The summed E-state index contributed by atoms with van der Waals surface area (Å²) in [5.41, 5.74) is 5.76. The van der Waals surface area contributed by atoms with Crippen LogP contribution in [-0.2, 0) is 20.6 Å². The van der Waals surface area contributed by atoms with Gasteiger partial charge < -0.3 is 5.73 Å². The number of hydrogen-bond donors (Lipinski definition) is 1. The molecule has 7 heteroatoms. The molecule has 1 fully saturated rings. The summed E-state index contributed by atoms with van der Waals surface area (Å²) in [6, 6.07) is 10.2. The van der Waals surface area contributed by atoms with Crippen LogP contribution in [0.4, 0.5) is 5.82 Å². The Morgan fingerprint density at radius 2 is 1.81 bits per heavy atom. The molecule has 7 nitrogen and oxygen atoms in total. The Labute approximate surface area is 158 Å². The highest BCUT2D eigenvalue weighted by Crippen LogP contribution is 2.35. The maximum atomic E-state index is 13.0. The van der Waals surface area contributed by atoms with Crippen molar-refractivity contribution in [3.05, 3.63) is 62.3 Å². The van der Waals surface area contributed by atoms with Gasteiger partial charge in [0.05, 0.1) is 6.54 Å². The highest BCUT2D eigenvalue weighted by atomic mass is 16.2. The first kappa shape index (κ1) is 19.1. The van der Waals surface area contributed by atoms with E-state index in [1.165, 1.54) is 14.1 Å². The predicted octanol–water partition coefficient (Wildman–Crippen LogP) is 1.15. The number of nitrogen functional groups attached to an aromatic ring is 1. The summed E-state index contributed by atoms with van der Waals surface area (Å²) >= 11 is 0. The Morgan fingerprint density at radius 1 is 1.19 bits per heavy atom. The number of benzene rings is 1. The lowest BCUT2D eigenvalue weighted by Crippen LogP contribution is -2.44. The van der Waals surface area contributed by atoms with Crippen molar-refractivity contribution >= 4 is 11.6 Å². The first-order chi connectivity index (χ1) is 12.8. The number of carbonyl (C=O) groups is 1. The number of nitrogens with zero attached hydrogens (tertiary/aromatic N) is 3. The van der Waals surface area contributed by atoms with E-state index in [-0.39, 0.29) is 29.8 Å². The number of Topliss-reactive ketones (excluding diaryl/α,β-unsaturated/α-hetero) is 1. The lowest BCUT2D eigenvalue weighted by atomic mass is 10.1. The van der Waals surface area contributed by atoms with Crippen molar-refractivity contribution < 1.29 is 4.79 Å². The first-order valence-electron chi connectivity index (χ1n) is 9.18. The zero-order chi connectivity index (χ0) is 19.7. The van der Waals surface area contributed by atoms with Gasteiger partial charge in [0.2, 0.25) is 0 Å². The van der Waals surface area contributed by atoms with Gasteiger partial charge in [-0.3, -0.25) is 23.6 Å². The van der Waals surface area contributed by atoms with Crippen LogP contribution in [0.3, 0.4) is 0 Å². The largest absolute Gasteiger partial charge is 0.384 e. The van der Waals surface area contributed by atoms with Crippen molar-refractivity contribution in [1.29, 1.82) is 0 Å². The summed E-state index contributed by atoms with van der Waals surface area (Å²) < 4.78 is 2.07. The summed E-state index contributed by atoms with van der Waals surface area (Å²) in [5, 5.41) is 0. The maximum absolute atomic E-state index is 13.0. The molecule has 27 heavy (non-hydrogen) atoms. The van der Waals surface area contributed by atoms with Crippen molar-refractivity contribution in [2.75, 3.05) is 12.3 Å². The quantitative estimate of drug-likeness (QED) is 0.739. The zero-order valence-electron chi connectivity index (χ0n) is 16.0. The lowest BCUT2D eigenvalue weighted by molar-refractivity contribution is 0.0874. The van der Waals surface area contributed by atoms with Crippen molar-refractivity contribution in [2.24, 2.45) is 20.0 Å². The van der Waals surface area contributed by atoms with Gasteiger partial charge in [0.1, 0.15) is 11.4 Å². The van der Waals surface area contributed by atoms with E-state index in [0.717, 1.165) is 27.5 Å². The topological polar surface area (TPSA) is 90.3 Å². The fourth-order valence-corrected chi connectivity index (χ4v) is 3.42. The van der Waals surface area contributed by atoms with E-state index in [2.05, 4.69) is 11.8 Å². The van der Waals surface area contributed by atoms with Crippen molar-refractivity contribution in [3.63, 3.8) is 0 Å². The van der Waals surface area contributed by atoms with E-state index < -0.39 is 11.2 Å².